The van der Waals surface area contributed by atoms with Gasteiger partial charge in [-0.25, -0.2) is 0 Å². The maximum absolute atomic E-state index is 12.5. The third kappa shape index (κ3) is 4.82. The zero-order valence-electron chi connectivity index (χ0n) is 14.7. The standard InChI is InChI=1S/C18H22N4O2S2/c1-2-3-9-19-17-20-21-18(26-17)25-12-15(23)13-6-4-7-14(11-13)22-10-5-8-16(22)24/h4,6-7,11H,2-3,5,8-10,12H2,1H3,(H,19,20). The third-order valence-electron chi connectivity index (χ3n) is 4.09. The van der Waals surface area contributed by atoms with Crippen LogP contribution in [0.5, 0.6) is 0 Å². The zero-order valence-corrected chi connectivity index (χ0v) is 16.4. The first kappa shape index (κ1) is 18.8. The highest BCUT2D eigenvalue weighted by molar-refractivity contribution is 8.01. The molecule has 1 amide bonds. The lowest BCUT2D eigenvalue weighted by Crippen LogP contribution is -2.23. The summed E-state index contributed by atoms with van der Waals surface area (Å²) in [4.78, 5) is 26.1. The minimum Gasteiger partial charge on any atom is -0.360 e. The van der Waals surface area contributed by atoms with Crippen LogP contribution in [0.4, 0.5) is 10.8 Å². The van der Waals surface area contributed by atoms with E-state index in [-0.39, 0.29) is 11.7 Å². The Morgan fingerprint density at radius 3 is 3.04 bits per heavy atom. The second-order valence-electron chi connectivity index (χ2n) is 6.06. The maximum atomic E-state index is 12.5. The van der Waals surface area contributed by atoms with E-state index in [1.807, 2.05) is 18.2 Å². The van der Waals surface area contributed by atoms with Gasteiger partial charge in [-0.05, 0) is 25.0 Å². The first-order valence-electron chi connectivity index (χ1n) is 8.81. The van der Waals surface area contributed by atoms with E-state index in [1.165, 1.54) is 23.1 Å². The van der Waals surface area contributed by atoms with Crippen molar-refractivity contribution in [3.63, 3.8) is 0 Å². The van der Waals surface area contributed by atoms with E-state index in [4.69, 9.17) is 0 Å². The predicted molar refractivity (Wildman–Crippen MR) is 106 cm³/mol. The Labute approximate surface area is 161 Å². The number of hydrogen-bond donors (Lipinski definition) is 1. The Hall–Kier alpha value is -1.93. The van der Waals surface area contributed by atoms with E-state index in [0.29, 0.717) is 17.7 Å². The van der Waals surface area contributed by atoms with Gasteiger partial charge in [0.25, 0.3) is 0 Å². The van der Waals surface area contributed by atoms with Gasteiger partial charge in [0, 0.05) is 30.8 Å². The maximum Gasteiger partial charge on any atom is 0.227 e. The van der Waals surface area contributed by atoms with Crippen LogP contribution in [0.3, 0.4) is 0 Å². The summed E-state index contributed by atoms with van der Waals surface area (Å²) >= 11 is 2.87. The molecule has 1 aliphatic rings. The van der Waals surface area contributed by atoms with Gasteiger partial charge in [-0.3, -0.25) is 9.59 Å². The number of nitrogens with one attached hydrogen (secondary N) is 1. The van der Waals surface area contributed by atoms with Gasteiger partial charge >= 0.3 is 0 Å². The summed E-state index contributed by atoms with van der Waals surface area (Å²) in [7, 11) is 0. The number of anilines is 2. The molecule has 1 aromatic carbocycles. The highest BCUT2D eigenvalue weighted by atomic mass is 32.2. The van der Waals surface area contributed by atoms with Crippen LogP contribution in [0.25, 0.3) is 0 Å². The molecular weight excluding hydrogens is 368 g/mol. The lowest BCUT2D eigenvalue weighted by Gasteiger charge is -2.16. The number of thioether (sulfide) groups is 1. The normalized spacial score (nSPS) is 14.0. The molecule has 0 unspecified atom stereocenters. The van der Waals surface area contributed by atoms with E-state index in [0.717, 1.165) is 47.5 Å². The van der Waals surface area contributed by atoms with Crippen LogP contribution in [-0.2, 0) is 4.79 Å². The fourth-order valence-corrected chi connectivity index (χ4v) is 4.36. The molecule has 0 atom stereocenters. The van der Waals surface area contributed by atoms with Gasteiger partial charge in [-0.15, -0.1) is 10.2 Å². The fourth-order valence-electron chi connectivity index (χ4n) is 2.69. The van der Waals surface area contributed by atoms with Crippen molar-refractivity contribution in [2.45, 2.75) is 36.9 Å². The number of rotatable bonds is 9. The summed E-state index contributed by atoms with van der Waals surface area (Å²) in [6, 6.07) is 7.32. The van der Waals surface area contributed by atoms with Crippen molar-refractivity contribution >= 4 is 45.6 Å². The van der Waals surface area contributed by atoms with Gasteiger partial charge < -0.3 is 10.2 Å². The number of benzene rings is 1. The van der Waals surface area contributed by atoms with Gasteiger partial charge in [-0.1, -0.05) is 48.6 Å². The Balaban J connectivity index is 1.56. The van der Waals surface area contributed by atoms with Gasteiger partial charge in [0.05, 0.1) is 5.75 Å². The van der Waals surface area contributed by atoms with Crippen LogP contribution in [0, 0.1) is 0 Å². The van der Waals surface area contributed by atoms with Crippen molar-refractivity contribution in [2.75, 3.05) is 29.1 Å². The molecule has 1 fully saturated rings. The summed E-state index contributed by atoms with van der Waals surface area (Å²) in [5, 5.41) is 12.2. The van der Waals surface area contributed by atoms with Crippen LogP contribution in [-0.4, -0.2) is 40.7 Å². The molecule has 3 rings (SSSR count). The molecule has 2 aromatic rings. The molecule has 1 N–H and O–H groups in total. The van der Waals surface area contributed by atoms with Gasteiger partial charge in [0.15, 0.2) is 10.1 Å². The number of amides is 1. The summed E-state index contributed by atoms with van der Waals surface area (Å²) in [5.74, 6) is 0.459. The molecule has 0 spiro atoms. The number of hydrogen-bond acceptors (Lipinski definition) is 7. The topological polar surface area (TPSA) is 75.2 Å². The molecule has 1 aliphatic heterocycles. The molecular formula is C18H22N4O2S2. The molecule has 0 radical (unpaired) electrons. The summed E-state index contributed by atoms with van der Waals surface area (Å²) in [5.41, 5.74) is 1.43. The van der Waals surface area contributed by atoms with Crippen molar-refractivity contribution in [1.29, 1.82) is 0 Å². The summed E-state index contributed by atoms with van der Waals surface area (Å²) in [6.45, 7) is 3.75. The molecule has 26 heavy (non-hydrogen) atoms. The monoisotopic (exact) mass is 390 g/mol. The largest absolute Gasteiger partial charge is 0.360 e. The molecule has 8 heteroatoms. The Morgan fingerprint density at radius 2 is 2.27 bits per heavy atom. The Kier molecular flexibility index (Phi) is 6.62. The minimum absolute atomic E-state index is 0.0270. The lowest BCUT2D eigenvalue weighted by atomic mass is 10.1. The van der Waals surface area contributed by atoms with Crippen molar-refractivity contribution in [1.82, 2.24) is 10.2 Å². The smallest absolute Gasteiger partial charge is 0.227 e. The van der Waals surface area contributed by atoms with Crippen LogP contribution < -0.4 is 10.2 Å². The minimum atomic E-state index is 0.0270. The third-order valence-corrected chi connectivity index (χ3v) is 6.11. The van der Waals surface area contributed by atoms with E-state index in [2.05, 4.69) is 22.4 Å². The average molecular weight is 391 g/mol. The van der Waals surface area contributed by atoms with Gasteiger partial charge in [0.2, 0.25) is 11.0 Å². The zero-order chi connectivity index (χ0) is 18.4. The number of ketones is 1. The summed E-state index contributed by atoms with van der Waals surface area (Å²) in [6.07, 6.45) is 3.68. The second kappa shape index (κ2) is 9.14. The van der Waals surface area contributed by atoms with Crippen molar-refractivity contribution in [3.8, 4) is 0 Å². The quantitative estimate of drug-likeness (QED) is 0.398. The molecule has 1 aromatic heterocycles. The highest BCUT2D eigenvalue weighted by Crippen LogP contribution is 2.27. The average Bonchev–Trinajstić information content (AvgIpc) is 3.29. The molecule has 2 heterocycles. The number of aromatic nitrogens is 2. The number of carbonyl (C=O) groups excluding carboxylic acids is 2. The predicted octanol–water partition coefficient (Wildman–Crippen LogP) is 3.85. The van der Waals surface area contributed by atoms with Crippen molar-refractivity contribution in [2.24, 2.45) is 0 Å². The number of unbranched alkanes of at least 4 members (excludes halogenated alkanes) is 1. The van der Waals surface area contributed by atoms with Crippen LogP contribution in [0.15, 0.2) is 28.6 Å². The molecule has 6 nitrogen and oxygen atoms in total. The van der Waals surface area contributed by atoms with E-state index >= 15 is 0 Å². The van der Waals surface area contributed by atoms with Gasteiger partial charge in [0.1, 0.15) is 0 Å². The van der Waals surface area contributed by atoms with Crippen LogP contribution >= 0.6 is 23.1 Å². The van der Waals surface area contributed by atoms with Crippen molar-refractivity contribution < 1.29 is 9.59 Å². The first-order valence-corrected chi connectivity index (χ1v) is 10.6. The van der Waals surface area contributed by atoms with E-state index in [9.17, 15) is 9.59 Å². The molecule has 138 valence electrons. The Bertz CT molecular complexity index is 778. The Morgan fingerprint density at radius 1 is 1.38 bits per heavy atom. The molecule has 0 bridgehead atoms. The highest BCUT2D eigenvalue weighted by Gasteiger charge is 2.22. The SMILES string of the molecule is CCCCNc1nnc(SCC(=O)c2cccc(N3CCCC3=O)c2)s1. The van der Waals surface area contributed by atoms with Crippen LogP contribution in [0.2, 0.25) is 0 Å². The molecule has 1 saturated heterocycles. The molecule has 0 saturated carbocycles. The van der Waals surface area contributed by atoms with E-state index in [1.54, 1.807) is 11.0 Å². The van der Waals surface area contributed by atoms with E-state index < -0.39 is 0 Å². The van der Waals surface area contributed by atoms with Crippen molar-refractivity contribution in [3.05, 3.63) is 29.8 Å². The lowest BCUT2D eigenvalue weighted by molar-refractivity contribution is -0.117. The fraction of sp³-hybridized carbons (Fsp3) is 0.444. The second-order valence-corrected chi connectivity index (χ2v) is 8.26. The van der Waals surface area contributed by atoms with Gasteiger partial charge in [-0.2, -0.15) is 0 Å². The molecule has 0 aliphatic carbocycles. The van der Waals surface area contributed by atoms with Crippen LogP contribution in [0.1, 0.15) is 43.0 Å². The summed E-state index contributed by atoms with van der Waals surface area (Å²) < 4.78 is 0.781. The number of Topliss-reactive ketones (excluding diaryl/α,β-unsaturated/α-hetero) is 1. The number of nitrogens with zero attached hydrogens (tertiary/aromatic N) is 3. The number of carbonyl (C=O) groups is 2. The first-order chi connectivity index (χ1) is 12.7.